The predicted molar refractivity (Wildman–Crippen MR) is 67.0 cm³/mol. The Kier molecular flexibility index (Phi) is 4.22. The quantitative estimate of drug-likeness (QED) is 0.753. The Morgan fingerprint density at radius 3 is 2.72 bits per heavy atom. The molecule has 2 rings (SSSR count). The molecule has 2 fully saturated rings. The van der Waals surface area contributed by atoms with E-state index in [1.807, 2.05) is 4.90 Å². The van der Waals surface area contributed by atoms with Crippen LogP contribution in [0, 0.1) is 0 Å². The predicted octanol–water partition coefficient (Wildman–Crippen LogP) is 0.681. The number of rotatable bonds is 3. The van der Waals surface area contributed by atoms with Crippen molar-refractivity contribution in [3.63, 3.8) is 0 Å². The van der Waals surface area contributed by atoms with Crippen molar-refractivity contribution in [2.24, 2.45) is 0 Å². The lowest BCUT2D eigenvalue weighted by atomic mass is 10.0. The number of carbonyl (C=O) groups is 2. The summed E-state index contributed by atoms with van der Waals surface area (Å²) < 4.78 is 4.64. The van der Waals surface area contributed by atoms with E-state index in [9.17, 15) is 9.59 Å². The Labute approximate surface area is 108 Å². The Morgan fingerprint density at radius 2 is 2.11 bits per heavy atom. The van der Waals surface area contributed by atoms with Gasteiger partial charge >= 0.3 is 5.97 Å². The second-order valence-electron chi connectivity index (χ2n) is 5.27. The van der Waals surface area contributed by atoms with Crippen LogP contribution in [0.25, 0.3) is 0 Å². The highest BCUT2D eigenvalue weighted by molar-refractivity contribution is 5.87. The van der Waals surface area contributed by atoms with E-state index in [1.165, 1.54) is 20.0 Å². The number of hydrogen-bond acceptors (Lipinski definition) is 4. The first-order chi connectivity index (χ1) is 8.63. The summed E-state index contributed by atoms with van der Waals surface area (Å²) >= 11 is 0. The van der Waals surface area contributed by atoms with Crippen molar-refractivity contribution in [2.75, 3.05) is 13.7 Å². The Morgan fingerprint density at radius 1 is 1.44 bits per heavy atom. The molecule has 1 saturated heterocycles. The van der Waals surface area contributed by atoms with Gasteiger partial charge in [0.05, 0.1) is 19.6 Å². The molecule has 0 aromatic heterocycles. The van der Waals surface area contributed by atoms with Crippen molar-refractivity contribution in [3.8, 4) is 0 Å². The van der Waals surface area contributed by atoms with Crippen LogP contribution in [0.3, 0.4) is 0 Å². The van der Waals surface area contributed by atoms with Crippen molar-refractivity contribution in [1.82, 2.24) is 10.2 Å². The van der Waals surface area contributed by atoms with Gasteiger partial charge in [-0.3, -0.25) is 9.59 Å². The molecule has 5 nitrogen and oxygen atoms in total. The first kappa shape index (κ1) is 13.3. The van der Waals surface area contributed by atoms with Crippen LogP contribution in [0.1, 0.15) is 39.0 Å². The van der Waals surface area contributed by atoms with Gasteiger partial charge < -0.3 is 15.0 Å². The second kappa shape index (κ2) is 5.69. The molecule has 1 aliphatic carbocycles. The van der Waals surface area contributed by atoms with Crippen LogP contribution in [0.4, 0.5) is 0 Å². The van der Waals surface area contributed by atoms with Crippen molar-refractivity contribution < 1.29 is 14.3 Å². The Bertz CT molecular complexity index is 326. The minimum absolute atomic E-state index is 0.0612. The van der Waals surface area contributed by atoms with Crippen LogP contribution in [0.2, 0.25) is 0 Å². The van der Waals surface area contributed by atoms with E-state index in [0.717, 1.165) is 19.4 Å². The monoisotopic (exact) mass is 254 g/mol. The van der Waals surface area contributed by atoms with E-state index >= 15 is 0 Å². The van der Waals surface area contributed by atoms with Gasteiger partial charge in [0.15, 0.2) is 0 Å². The first-order valence-corrected chi connectivity index (χ1v) is 6.76. The lowest BCUT2D eigenvalue weighted by Gasteiger charge is -2.41. The summed E-state index contributed by atoms with van der Waals surface area (Å²) in [5.41, 5.74) is 0. The maximum absolute atomic E-state index is 12.4. The summed E-state index contributed by atoms with van der Waals surface area (Å²) in [5.74, 6) is -0.271. The molecule has 1 aliphatic heterocycles. The standard InChI is InChI=1S/C13H22N2O3/c1-9-8-14-11(7-12(16)18-2)13(17)15(9)10-5-3-4-6-10/h9-11,14H,3-8H2,1-2H3. The molecular weight excluding hydrogens is 232 g/mol. The van der Waals surface area contributed by atoms with E-state index in [2.05, 4.69) is 17.0 Å². The molecule has 1 saturated carbocycles. The van der Waals surface area contributed by atoms with Crippen molar-refractivity contribution >= 4 is 11.9 Å². The van der Waals surface area contributed by atoms with E-state index in [-0.39, 0.29) is 24.3 Å². The van der Waals surface area contributed by atoms with Gasteiger partial charge in [-0.1, -0.05) is 12.8 Å². The number of piperazine rings is 1. The molecule has 102 valence electrons. The van der Waals surface area contributed by atoms with Crippen LogP contribution in [0.15, 0.2) is 0 Å². The maximum Gasteiger partial charge on any atom is 0.307 e. The van der Waals surface area contributed by atoms with Gasteiger partial charge in [0, 0.05) is 18.6 Å². The molecule has 2 aliphatic rings. The topological polar surface area (TPSA) is 58.6 Å². The molecule has 1 N–H and O–H groups in total. The van der Waals surface area contributed by atoms with Crippen LogP contribution in [0.5, 0.6) is 0 Å². The molecule has 2 unspecified atom stereocenters. The van der Waals surface area contributed by atoms with Gasteiger partial charge in [0.2, 0.25) is 5.91 Å². The third kappa shape index (κ3) is 2.66. The SMILES string of the molecule is COC(=O)CC1NCC(C)N(C2CCCC2)C1=O. The molecule has 1 heterocycles. The number of carbonyl (C=O) groups excluding carboxylic acids is 2. The number of esters is 1. The van der Waals surface area contributed by atoms with Gasteiger partial charge in [-0.15, -0.1) is 0 Å². The van der Waals surface area contributed by atoms with Crippen LogP contribution < -0.4 is 5.32 Å². The molecule has 0 spiro atoms. The summed E-state index contributed by atoms with van der Waals surface area (Å²) in [6.07, 6.45) is 4.74. The van der Waals surface area contributed by atoms with Gasteiger partial charge in [-0.2, -0.15) is 0 Å². The molecule has 2 atom stereocenters. The third-order valence-electron chi connectivity index (χ3n) is 4.00. The number of nitrogens with zero attached hydrogens (tertiary/aromatic N) is 1. The third-order valence-corrected chi connectivity index (χ3v) is 4.00. The minimum Gasteiger partial charge on any atom is -0.469 e. The fourth-order valence-electron chi connectivity index (χ4n) is 3.03. The lowest BCUT2D eigenvalue weighted by Crippen LogP contribution is -2.62. The van der Waals surface area contributed by atoms with Crippen molar-refractivity contribution in [2.45, 2.75) is 57.2 Å². The van der Waals surface area contributed by atoms with Gasteiger partial charge in [0.25, 0.3) is 0 Å². The molecule has 0 radical (unpaired) electrons. The zero-order valence-electron chi connectivity index (χ0n) is 11.1. The number of methoxy groups -OCH3 is 1. The van der Waals surface area contributed by atoms with Gasteiger partial charge in [-0.05, 0) is 19.8 Å². The van der Waals surface area contributed by atoms with Crippen LogP contribution >= 0.6 is 0 Å². The van der Waals surface area contributed by atoms with Crippen molar-refractivity contribution in [1.29, 1.82) is 0 Å². The molecule has 0 aromatic carbocycles. The average Bonchev–Trinajstić information content (AvgIpc) is 2.86. The minimum atomic E-state index is -0.408. The van der Waals surface area contributed by atoms with E-state index in [4.69, 9.17) is 0 Å². The van der Waals surface area contributed by atoms with Crippen molar-refractivity contribution in [3.05, 3.63) is 0 Å². The van der Waals surface area contributed by atoms with Crippen LogP contribution in [-0.2, 0) is 14.3 Å². The number of amides is 1. The maximum atomic E-state index is 12.4. The van der Waals surface area contributed by atoms with E-state index in [0.29, 0.717) is 6.04 Å². The highest BCUT2D eigenvalue weighted by atomic mass is 16.5. The molecule has 18 heavy (non-hydrogen) atoms. The number of ether oxygens (including phenoxy) is 1. The molecule has 0 aromatic rings. The fraction of sp³-hybridized carbons (Fsp3) is 0.846. The molecule has 0 bridgehead atoms. The first-order valence-electron chi connectivity index (χ1n) is 6.76. The second-order valence-corrected chi connectivity index (χ2v) is 5.27. The zero-order valence-corrected chi connectivity index (χ0v) is 11.1. The largest absolute Gasteiger partial charge is 0.469 e. The number of nitrogens with one attached hydrogen (secondary N) is 1. The molecular formula is C13H22N2O3. The molecule has 1 amide bonds. The smallest absolute Gasteiger partial charge is 0.307 e. The normalized spacial score (nSPS) is 29.7. The average molecular weight is 254 g/mol. The summed E-state index contributed by atoms with van der Waals surface area (Å²) in [4.78, 5) is 25.7. The summed E-state index contributed by atoms with van der Waals surface area (Å²) in [7, 11) is 1.35. The molecule has 5 heteroatoms. The fourth-order valence-corrected chi connectivity index (χ4v) is 3.03. The Hall–Kier alpha value is -1.10. The van der Waals surface area contributed by atoms with E-state index < -0.39 is 6.04 Å². The Balaban J connectivity index is 2.03. The lowest BCUT2D eigenvalue weighted by molar-refractivity contribution is -0.149. The van der Waals surface area contributed by atoms with Gasteiger partial charge in [-0.25, -0.2) is 0 Å². The highest BCUT2D eigenvalue weighted by Gasteiger charge is 2.38. The van der Waals surface area contributed by atoms with Crippen LogP contribution in [-0.4, -0.2) is 48.6 Å². The summed E-state index contributed by atoms with van der Waals surface area (Å²) in [5, 5.41) is 3.15. The van der Waals surface area contributed by atoms with E-state index in [1.54, 1.807) is 0 Å². The highest BCUT2D eigenvalue weighted by Crippen LogP contribution is 2.27. The zero-order chi connectivity index (χ0) is 13.1. The summed E-state index contributed by atoms with van der Waals surface area (Å²) in [6, 6.07) is 0.179. The van der Waals surface area contributed by atoms with Gasteiger partial charge in [0.1, 0.15) is 0 Å². The number of hydrogen-bond donors (Lipinski definition) is 1. The summed E-state index contributed by atoms with van der Waals surface area (Å²) in [6.45, 7) is 2.82.